The van der Waals surface area contributed by atoms with Crippen LogP contribution in [0.4, 0.5) is 0 Å². The van der Waals surface area contributed by atoms with Crippen LogP contribution in [0.15, 0.2) is 12.2 Å². The minimum atomic E-state index is 0.523. The highest BCUT2D eigenvalue weighted by molar-refractivity contribution is 5.15. The van der Waals surface area contributed by atoms with Crippen molar-refractivity contribution in [3.8, 4) is 0 Å². The molecule has 2 aliphatic rings. The van der Waals surface area contributed by atoms with Gasteiger partial charge >= 0.3 is 0 Å². The van der Waals surface area contributed by atoms with Gasteiger partial charge in [0.1, 0.15) is 0 Å². The van der Waals surface area contributed by atoms with Gasteiger partial charge in [-0.05, 0) is 79.4 Å². The van der Waals surface area contributed by atoms with Crippen molar-refractivity contribution in [1.29, 1.82) is 0 Å². The van der Waals surface area contributed by atoms with E-state index in [9.17, 15) is 0 Å². The van der Waals surface area contributed by atoms with Crippen molar-refractivity contribution in [2.24, 2.45) is 34.5 Å². The minimum Gasteiger partial charge on any atom is -0.0996 e. The van der Waals surface area contributed by atoms with Gasteiger partial charge in [0.2, 0.25) is 0 Å². The molecule has 0 amide bonds. The Kier molecular flexibility index (Phi) is 5.50. The maximum atomic E-state index is 4.42. The molecule has 0 aromatic heterocycles. The summed E-state index contributed by atoms with van der Waals surface area (Å²) < 4.78 is 0. The van der Waals surface area contributed by atoms with Gasteiger partial charge in [-0.3, -0.25) is 0 Å². The summed E-state index contributed by atoms with van der Waals surface area (Å²) in [5, 5.41) is 0. The fourth-order valence-electron chi connectivity index (χ4n) is 5.48. The van der Waals surface area contributed by atoms with Crippen molar-refractivity contribution in [1.82, 2.24) is 0 Å². The molecule has 0 heterocycles. The van der Waals surface area contributed by atoms with Crippen LogP contribution in [-0.4, -0.2) is 0 Å². The molecule has 0 aliphatic heterocycles. The van der Waals surface area contributed by atoms with E-state index in [0.717, 1.165) is 23.7 Å². The second kappa shape index (κ2) is 6.70. The van der Waals surface area contributed by atoms with Crippen LogP contribution in [0, 0.1) is 34.5 Å². The molecule has 22 heavy (non-hydrogen) atoms. The predicted octanol–water partition coefficient (Wildman–Crippen LogP) is 7.25. The van der Waals surface area contributed by atoms with E-state index in [4.69, 9.17) is 0 Å². The van der Waals surface area contributed by atoms with Crippen LogP contribution in [0.2, 0.25) is 0 Å². The van der Waals surface area contributed by atoms with Gasteiger partial charge < -0.3 is 0 Å². The highest BCUT2D eigenvalue weighted by atomic mass is 14.6. The summed E-state index contributed by atoms with van der Waals surface area (Å²) in [6, 6.07) is 0. The number of hydrogen-bond acceptors (Lipinski definition) is 0. The molecule has 0 heteroatoms. The second-order valence-corrected chi connectivity index (χ2v) is 9.65. The quantitative estimate of drug-likeness (QED) is 0.453. The van der Waals surface area contributed by atoms with Gasteiger partial charge in [-0.2, -0.15) is 0 Å². The van der Waals surface area contributed by atoms with Crippen LogP contribution in [-0.2, 0) is 0 Å². The maximum absolute atomic E-state index is 4.42. The average molecular weight is 305 g/mol. The van der Waals surface area contributed by atoms with E-state index in [2.05, 4.69) is 48.1 Å². The zero-order valence-corrected chi connectivity index (χ0v) is 16.2. The summed E-state index contributed by atoms with van der Waals surface area (Å²) in [6.45, 7) is 19.3. The van der Waals surface area contributed by atoms with Crippen molar-refractivity contribution >= 4 is 0 Å². The molecule has 0 aromatic carbocycles. The monoisotopic (exact) mass is 304 g/mol. The molecule has 2 rings (SSSR count). The molecule has 0 radical (unpaired) electrons. The zero-order valence-electron chi connectivity index (χ0n) is 16.2. The van der Waals surface area contributed by atoms with E-state index >= 15 is 0 Å². The summed E-state index contributed by atoms with van der Waals surface area (Å²) in [4.78, 5) is 0. The van der Waals surface area contributed by atoms with Crippen LogP contribution in [0.3, 0.4) is 0 Å². The Labute approximate surface area is 140 Å². The zero-order chi connectivity index (χ0) is 16.5. The highest BCUT2D eigenvalue weighted by Crippen LogP contribution is 2.60. The van der Waals surface area contributed by atoms with Crippen LogP contribution >= 0.6 is 0 Å². The second-order valence-electron chi connectivity index (χ2n) is 9.65. The number of hydrogen-bond donors (Lipinski definition) is 0. The predicted molar refractivity (Wildman–Crippen MR) is 98.9 cm³/mol. The molecule has 0 spiro atoms. The Balaban J connectivity index is 2.00. The van der Waals surface area contributed by atoms with Crippen LogP contribution < -0.4 is 0 Å². The minimum absolute atomic E-state index is 0.523. The molecule has 0 nitrogen and oxygen atoms in total. The maximum Gasteiger partial charge on any atom is -0.0149 e. The van der Waals surface area contributed by atoms with Crippen LogP contribution in [0.1, 0.15) is 92.9 Å². The van der Waals surface area contributed by atoms with Gasteiger partial charge in [-0.1, -0.05) is 60.1 Å². The average Bonchev–Trinajstić information content (AvgIpc) is 2.82. The Morgan fingerprint density at radius 3 is 2.59 bits per heavy atom. The smallest absolute Gasteiger partial charge is 0.0149 e. The molecule has 0 saturated heterocycles. The summed E-state index contributed by atoms with van der Waals surface area (Å²) in [7, 11) is 0. The largest absolute Gasteiger partial charge is 0.0996 e. The molecule has 128 valence electrons. The Morgan fingerprint density at radius 1 is 1.27 bits per heavy atom. The van der Waals surface area contributed by atoms with Gasteiger partial charge in [0.15, 0.2) is 0 Å². The van der Waals surface area contributed by atoms with Gasteiger partial charge in [0, 0.05) is 0 Å². The van der Waals surface area contributed by atoms with Crippen LogP contribution in [0.5, 0.6) is 0 Å². The van der Waals surface area contributed by atoms with E-state index in [0.29, 0.717) is 10.8 Å². The number of rotatable bonds is 6. The number of allylic oxidation sites excluding steroid dienone is 1. The van der Waals surface area contributed by atoms with Crippen molar-refractivity contribution < 1.29 is 0 Å². The van der Waals surface area contributed by atoms with Crippen molar-refractivity contribution in [2.75, 3.05) is 0 Å². The third-order valence-corrected chi connectivity index (χ3v) is 7.88. The molecule has 2 aliphatic carbocycles. The van der Waals surface area contributed by atoms with E-state index in [-0.39, 0.29) is 0 Å². The van der Waals surface area contributed by atoms with Gasteiger partial charge in [0.05, 0.1) is 0 Å². The third-order valence-electron chi connectivity index (χ3n) is 7.88. The fourth-order valence-corrected chi connectivity index (χ4v) is 5.48. The first-order chi connectivity index (χ1) is 10.2. The molecule has 5 unspecified atom stereocenters. The summed E-state index contributed by atoms with van der Waals surface area (Å²) in [5.41, 5.74) is 2.65. The molecule has 2 fully saturated rings. The van der Waals surface area contributed by atoms with E-state index in [1.807, 2.05) is 0 Å². The Morgan fingerprint density at radius 2 is 1.95 bits per heavy atom. The Hall–Kier alpha value is -0.260. The van der Waals surface area contributed by atoms with Crippen molar-refractivity contribution in [3.63, 3.8) is 0 Å². The topological polar surface area (TPSA) is 0 Å². The molecule has 2 saturated carbocycles. The van der Waals surface area contributed by atoms with Crippen molar-refractivity contribution in [2.45, 2.75) is 92.9 Å². The number of fused-ring (bicyclic) bond motifs is 1. The standard InChI is InChI=1S/C22H40/c1-8-21(5,6)15-13-16(2)18(4)20-12-11-19-17(3)10-9-14-22(19,20)7/h16,18-20H,3,8-15H2,1-2,4-7H3. The summed E-state index contributed by atoms with van der Waals surface area (Å²) in [5.74, 6) is 3.48. The molecule has 5 atom stereocenters. The first-order valence-electron chi connectivity index (χ1n) is 9.89. The van der Waals surface area contributed by atoms with E-state index in [1.54, 1.807) is 5.57 Å². The summed E-state index contributed by atoms with van der Waals surface area (Å²) >= 11 is 0. The van der Waals surface area contributed by atoms with Gasteiger partial charge in [-0.25, -0.2) is 0 Å². The molecular weight excluding hydrogens is 264 g/mol. The van der Waals surface area contributed by atoms with Crippen LogP contribution in [0.25, 0.3) is 0 Å². The lowest BCUT2D eigenvalue weighted by Gasteiger charge is -2.45. The first-order valence-corrected chi connectivity index (χ1v) is 9.89. The van der Waals surface area contributed by atoms with Crippen molar-refractivity contribution in [3.05, 3.63) is 12.2 Å². The highest BCUT2D eigenvalue weighted by Gasteiger charge is 2.50. The normalized spacial score (nSPS) is 35.3. The van der Waals surface area contributed by atoms with E-state index in [1.165, 1.54) is 51.4 Å². The summed E-state index contributed by atoms with van der Waals surface area (Å²) in [6.07, 6.45) is 11.1. The lowest BCUT2D eigenvalue weighted by molar-refractivity contribution is 0.0710. The SMILES string of the molecule is C=C1CCCC2(C)C1CCC2C(C)C(C)CCC(C)(C)CC. The van der Waals surface area contributed by atoms with Gasteiger partial charge in [0.25, 0.3) is 0 Å². The third kappa shape index (κ3) is 3.46. The lowest BCUT2D eigenvalue weighted by Crippen LogP contribution is -2.37. The van der Waals surface area contributed by atoms with E-state index < -0.39 is 0 Å². The lowest BCUT2D eigenvalue weighted by atomic mass is 9.60. The fraction of sp³-hybridized carbons (Fsp3) is 0.909. The van der Waals surface area contributed by atoms with Gasteiger partial charge in [-0.15, -0.1) is 0 Å². The Bertz CT molecular complexity index is 391. The molecule has 0 bridgehead atoms. The molecule has 0 N–H and O–H groups in total. The first kappa shape index (κ1) is 18.1. The molecule has 0 aromatic rings. The molecular formula is C22H40.